The van der Waals surface area contributed by atoms with E-state index in [0.717, 1.165) is 10.8 Å². The number of halogens is 1. The van der Waals surface area contributed by atoms with Gasteiger partial charge in [-0.2, -0.15) is 0 Å². The van der Waals surface area contributed by atoms with Crippen LogP contribution in [-0.2, 0) is 9.59 Å². The highest BCUT2D eigenvalue weighted by Gasteiger charge is 2.16. The van der Waals surface area contributed by atoms with Gasteiger partial charge >= 0.3 is 0 Å². The molecule has 0 unspecified atom stereocenters. The maximum Gasteiger partial charge on any atom is 0.243 e. The van der Waals surface area contributed by atoms with Gasteiger partial charge in [-0.25, -0.2) is 0 Å². The molecule has 0 aliphatic carbocycles. The summed E-state index contributed by atoms with van der Waals surface area (Å²) in [4.78, 5) is 38.2. The maximum atomic E-state index is 12.4. The zero-order valence-electron chi connectivity index (χ0n) is 16.0. The molecule has 0 bridgehead atoms. The molecule has 0 spiro atoms. The number of ketones is 1. The van der Waals surface area contributed by atoms with Gasteiger partial charge in [0.2, 0.25) is 11.8 Å². The topological polar surface area (TPSA) is 66.5 Å². The van der Waals surface area contributed by atoms with Crippen molar-refractivity contribution in [3.8, 4) is 0 Å². The van der Waals surface area contributed by atoms with Crippen LogP contribution in [0, 0.1) is 0 Å². The van der Waals surface area contributed by atoms with Crippen LogP contribution in [0.25, 0.3) is 10.8 Å². The van der Waals surface area contributed by atoms with Crippen molar-refractivity contribution in [1.82, 2.24) is 4.90 Å². The van der Waals surface area contributed by atoms with Gasteiger partial charge in [0.05, 0.1) is 6.54 Å². The number of nitrogens with zero attached hydrogens (tertiary/aromatic N) is 1. The van der Waals surface area contributed by atoms with Gasteiger partial charge < -0.3 is 10.2 Å². The molecule has 0 atom stereocenters. The average Bonchev–Trinajstić information content (AvgIpc) is 2.72. The average molecular weight is 409 g/mol. The molecule has 6 heteroatoms. The third-order valence-corrected chi connectivity index (χ3v) is 4.85. The number of carbonyl (C=O) groups is 3. The second-order valence-corrected chi connectivity index (χ2v) is 7.19. The molecule has 0 aliphatic rings. The normalized spacial score (nSPS) is 10.6. The minimum Gasteiger partial charge on any atom is -0.336 e. The summed E-state index contributed by atoms with van der Waals surface area (Å²) in [5.41, 5.74) is 1.21. The van der Waals surface area contributed by atoms with Crippen LogP contribution in [0.1, 0.15) is 23.2 Å². The van der Waals surface area contributed by atoms with Crippen molar-refractivity contribution in [2.75, 3.05) is 18.9 Å². The Bertz CT molecular complexity index is 1040. The molecule has 0 heterocycles. The number of anilines is 1. The molecule has 0 aliphatic heterocycles. The lowest BCUT2D eigenvalue weighted by atomic mass is 10.1. The van der Waals surface area contributed by atoms with E-state index < -0.39 is 0 Å². The van der Waals surface area contributed by atoms with Crippen molar-refractivity contribution >= 4 is 45.7 Å². The Hall–Kier alpha value is -3.18. The van der Waals surface area contributed by atoms with Crippen LogP contribution in [0.2, 0.25) is 5.02 Å². The van der Waals surface area contributed by atoms with Crippen LogP contribution in [-0.4, -0.2) is 36.1 Å². The number of benzene rings is 3. The summed E-state index contributed by atoms with van der Waals surface area (Å²) >= 11 is 5.81. The Kier molecular flexibility index (Phi) is 6.62. The molecule has 0 aromatic heterocycles. The summed E-state index contributed by atoms with van der Waals surface area (Å²) in [6, 6.07) is 20.0. The van der Waals surface area contributed by atoms with Crippen LogP contribution in [0.3, 0.4) is 0 Å². The van der Waals surface area contributed by atoms with Gasteiger partial charge in [0.15, 0.2) is 5.78 Å². The summed E-state index contributed by atoms with van der Waals surface area (Å²) in [5, 5.41) is 5.36. The molecule has 0 saturated carbocycles. The van der Waals surface area contributed by atoms with E-state index in [9.17, 15) is 14.4 Å². The fourth-order valence-electron chi connectivity index (χ4n) is 3.02. The number of hydrogen-bond acceptors (Lipinski definition) is 3. The molecule has 2 amide bonds. The molecule has 0 radical (unpaired) electrons. The lowest BCUT2D eigenvalue weighted by Gasteiger charge is -2.17. The van der Waals surface area contributed by atoms with Crippen molar-refractivity contribution in [3.05, 3.63) is 77.3 Å². The molecule has 29 heavy (non-hydrogen) atoms. The predicted octanol–water partition coefficient (Wildman–Crippen LogP) is 4.55. The Balaban J connectivity index is 1.53. The predicted molar refractivity (Wildman–Crippen MR) is 115 cm³/mol. The van der Waals surface area contributed by atoms with E-state index in [1.54, 1.807) is 31.3 Å². The minimum absolute atomic E-state index is 0.0412. The second-order valence-electron chi connectivity index (χ2n) is 6.75. The maximum absolute atomic E-state index is 12.4. The molecule has 3 aromatic carbocycles. The molecule has 148 valence electrons. The fourth-order valence-corrected chi connectivity index (χ4v) is 3.15. The van der Waals surface area contributed by atoms with E-state index in [-0.39, 0.29) is 37.0 Å². The fraction of sp³-hybridized carbons (Fsp3) is 0.174. The first-order valence-corrected chi connectivity index (χ1v) is 9.62. The van der Waals surface area contributed by atoms with Crippen LogP contribution in [0.4, 0.5) is 5.69 Å². The van der Waals surface area contributed by atoms with Gasteiger partial charge in [-0.05, 0) is 35.7 Å². The van der Waals surface area contributed by atoms with Crippen LogP contribution in [0.15, 0.2) is 66.7 Å². The number of likely N-dealkylation sites (N-methyl/N-ethyl adjacent to an activating group) is 1. The zero-order chi connectivity index (χ0) is 20.8. The van der Waals surface area contributed by atoms with Crippen molar-refractivity contribution < 1.29 is 14.4 Å². The van der Waals surface area contributed by atoms with E-state index in [2.05, 4.69) is 5.32 Å². The van der Waals surface area contributed by atoms with Crippen LogP contribution in [0.5, 0.6) is 0 Å². The van der Waals surface area contributed by atoms with E-state index in [1.165, 1.54) is 4.90 Å². The number of rotatable bonds is 7. The largest absolute Gasteiger partial charge is 0.336 e. The second kappa shape index (κ2) is 9.34. The number of carbonyl (C=O) groups excluding carboxylic acids is 3. The molecule has 0 fully saturated rings. The minimum atomic E-state index is -0.291. The summed E-state index contributed by atoms with van der Waals surface area (Å²) in [6.07, 6.45) is 0.120. The Morgan fingerprint density at radius 1 is 0.897 bits per heavy atom. The van der Waals surface area contributed by atoms with Gasteiger partial charge in [0.25, 0.3) is 0 Å². The Morgan fingerprint density at radius 3 is 2.34 bits per heavy atom. The molecule has 1 N–H and O–H groups in total. The van der Waals surface area contributed by atoms with Crippen LogP contribution >= 0.6 is 11.6 Å². The van der Waals surface area contributed by atoms with Crippen molar-refractivity contribution in [2.45, 2.75) is 12.8 Å². The van der Waals surface area contributed by atoms with Crippen molar-refractivity contribution in [2.24, 2.45) is 0 Å². The first kappa shape index (κ1) is 20.6. The number of amides is 2. The van der Waals surface area contributed by atoms with Crippen molar-refractivity contribution in [1.29, 1.82) is 0 Å². The number of Topliss-reactive ketones (excluding diaryl/α,β-unsaturated/α-hetero) is 1. The first-order valence-electron chi connectivity index (χ1n) is 9.24. The molecule has 0 saturated heterocycles. The Morgan fingerprint density at radius 2 is 1.59 bits per heavy atom. The first-order chi connectivity index (χ1) is 13.9. The monoisotopic (exact) mass is 408 g/mol. The standard InChI is InChI=1S/C23H21ClN2O3/c1-26(23(29)14-13-21(27)17-9-11-18(24)12-10-17)15-22(28)25-20-8-4-6-16-5-2-3-7-19(16)20/h2-12H,13-15H2,1H3,(H,25,28). The van der Waals surface area contributed by atoms with Gasteiger partial charge in [-0.3, -0.25) is 14.4 Å². The number of nitrogens with one attached hydrogen (secondary N) is 1. The smallest absolute Gasteiger partial charge is 0.243 e. The van der Waals surface area contributed by atoms with Gasteiger partial charge in [0, 0.05) is 41.5 Å². The van der Waals surface area contributed by atoms with Gasteiger partial charge in [-0.1, -0.05) is 48.0 Å². The van der Waals surface area contributed by atoms with E-state index in [1.807, 2.05) is 42.5 Å². The van der Waals surface area contributed by atoms with Gasteiger partial charge in [-0.15, -0.1) is 0 Å². The highest BCUT2D eigenvalue weighted by Crippen LogP contribution is 2.22. The summed E-state index contributed by atoms with van der Waals surface area (Å²) in [5.74, 6) is -0.690. The SMILES string of the molecule is CN(CC(=O)Nc1cccc2ccccc12)C(=O)CCC(=O)c1ccc(Cl)cc1. The van der Waals surface area contributed by atoms with E-state index in [0.29, 0.717) is 16.3 Å². The van der Waals surface area contributed by atoms with Crippen molar-refractivity contribution in [3.63, 3.8) is 0 Å². The third kappa shape index (κ3) is 5.42. The van der Waals surface area contributed by atoms with Gasteiger partial charge in [0.1, 0.15) is 0 Å². The zero-order valence-corrected chi connectivity index (χ0v) is 16.8. The summed E-state index contributed by atoms with van der Waals surface area (Å²) < 4.78 is 0. The number of hydrogen-bond donors (Lipinski definition) is 1. The third-order valence-electron chi connectivity index (χ3n) is 4.60. The van der Waals surface area contributed by atoms with E-state index >= 15 is 0 Å². The highest BCUT2D eigenvalue weighted by atomic mass is 35.5. The summed E-state index contributed by atoms with van der Waals surface area (Å²) in [7, 11) is 1.55. The quantitative estimate of drug-likeness (QED) is 0.583. The van der Waals surface area contributed by atoms with E-state index in [4.69, 9.17) is 11.6 Å². The lowest BCUT2D eigenvalue weighted by molar-refractivity contribution is -0.133. The Labute approximate surface area is 174 Å². The molecule has 3 aromatic rings. The van der Waals surface area contributed by atoms with Crippen LogP contribution < -0.4 is 5.32 Å². The number of fused-ring (bicyclic) bond motifs is 1. The molecule has 3 rings (SSSR count). The molecular formula is C23H21ClN2O3. The molecule has 5 nitrogen and oxygen atoms in total. The molecular weight excluding hydrogens is 388 g/mol. The lowest BCUT2D eigenvalue weighted by Crippen LogP contribution is -2.35. The highest BCUT2D eigenvalue weighted by molar-refractivity contribution is 6.30. The summed E-state index contributed by atoms with van der Waals surface area (Å²) in [6.45, 7) is -0.0861.